The molecule has 0 aliphatic carbocycles. The molecule has 0 saturated carbocycles. The Labute approximate surface area is 157 Å². The number of hydrogen-bond donors (Lipinski definition) is 2. The van der Waals surface area contributed by atoms with Gasteiger partial charge in [-0.25, -0.2) is 0 Å². The summed E-state index contributed by atoms with van der Waals surface area (Å²) in [4.78, 5) is 13.8. The lowest BCUT2D eigenvalue weighted by Crippen LogP contribution is -2.40. The number of thiophene rings is 1. The van der Waals surface area contributed by atoms with Gasteiger partial charge in [-0.3, -0.25) is 10.1 Å². The SMILES string of the molecule is C[C@@H](N[C@H](c1ccccc1)c1cccs1)C(=O)Nc1ccccc1C#N. The molecule has 0 radical (unpaired) electrons. The van der Waals surface area contributed by atoms with Gasteiger partial charge in [0.25, 0.3) is 0 Å². The van der Waals surface area contributed by atoms with Crippen LogP contribution in [0.1, 0.15) is 29.0 Å². The third-order valence-electron chi connectivity index (χ3n) is 4.08. The van der Waals surface area contributed by atoms with Gasteiger partial charge in [-0.1, -0.05) is 48.5 Å². The topological polar surface area (TPSA) is 64.9 Å². The van der Waals surface area contributed by atoms with Crippen LogP contribution < -0.4 is 10.6 Å². The maximum atomic E-state index is 12.6. The molecule has 0 bridgehead atoms. The van der Waals surface area contributed by atoms with Crippen molar-refractivity contribution in [2.24, 2.45) is 0 Å². The number of hydrogen-bond acceptors (Lipinski definition) is 4. The average molecular weight is 361 g/mol. The van der Waals surface area contributed by atoms with E-state index < -0.39 is 6.04 Å². The molecule has 1 aromatic heterocycles. The Balaban J connectivity index is 1.77. The summed E-state index contributed by atoms with van der Waals surface area (Å²) in [5.41, 5.74) is 2.08. The predicted octanol–water partition coefficient (Wildman–Crippen LogP) is 4.33. The maximum Gasteiger partial charge on any atom is 0.241 e. The van der Waals surface area contributed by atoms with E-state index in [2.05, 4.69) is 22.8 Å². The van der Waals surface area contributed by atoms with Crippen molar-refractivity contribution in [3.8, 4) is 6.07 Å². The zero-order chi connectivity index (χ0) is 18.4. The molecule has 3 aromatic rings. The minimum absolute atomic E-state index is 0.0665. The highest BCUT2D eigenvalue weighted by Crippen LogP contribution is 2.26. The molecule has 1 heterocycles. The molecule has 5 heteroatoms. The van der Waals surface area contributed by atoms with Gasteiger partial charge < -0.3 is 5.32 Å². The second kappa shape index (κ2) is 8.43. The monoisotopic (exact) mass is 361 g/mol. The second-order valence-corrected chi connectivity index (χ2v) is 6.87. The van der Waals surface area contributed by atoms with Gasteiger partial charge in [0, 0.05) is 4.88 Å². The first kappa shape index (κ1) is 17.9. The maximum absolute atomic E-state index is 12.6. The van der Waals surface area contributed by atoms with Crippen molar-refractivity contribution in [1.82, 2.24) is 5.32 Å². The Bertz CT molecular complexity index is 901. The Kier molecular flexibility index (Phi) is 5.80. The molecule has 1 amide bonds. The molecule has 0 saturated heterocycles. The molecule has 3 rings (SSSR count). The van der Waals surface area contributed by atoms with E-state index in [1.54, 1.807) is 35.6 Å². The van der Waals surface area contributed by atoms with Crippen LogP contribution in [0.3, 0.4) is 0 Å². The zero-order valence-electron chi connectivity index (χ0n) is 14.3. The second-order valence-electron chi connectivity index (χ2n) is 5.89. The number of benzene rings is 2. The third-order valence-corrected chi connectivity index (χ3v) is 5.01. The van der Waals surface area contributed by atoms with Crippen molar-refractivity contribution in [2.75, 3.05) is 5.32 Å². The molecule has 2 atom stereocenters. The van der Waals surface area contributed by atoms with E-state index in [0.29, 0.717) is 11.3 Å². The van der Waals surface area contributed by atoms with Gasteiger partial charge in [-0.2, -0.15) is 5.26 Å². The molecule has 0 unspecified atom stereocenters. The lowest BCUT2D eigenvalue weighted by atomic mass is 10.0. The first-order valence-electron chi connectivity index (χ1n) is 8.33. The summed E-state index contributed by atoms with van der Waals surface area (Å²) in [6.45, 7) is 1.83. The number of amides is 1. The van der Waals surface area contributed by atoms with Gasteiger partial charge in [-0.15, -0.1) is 11.3 Å². The fourth-order valence-electron chi connectivity index (χ4n) is 2.70. The highest BCUT2D eigenvalue weighted by molar-refractivity contribution is 7.10. The zero-order valence-corrected chi connectivity index (χ0v) is 15.2. The van der Waals surface area contributed by atoms with Crippen LogP contribution in [0.5, 0.6) is 0 Å². The molecule has 0 spiro atoms. The van der Waals surface area contributed by atoms with Crippen LogP contribution in [0.25, 0.3) is 0 Å². The summed E-state index contributed by atoms with van der Waals surface area (Å²) >= 11 is 1.65. The van der Waals surface area contributed by atoms with Crippen LogP contribution in [-0.4, -0.2) is 11.9 Å². The lowest BCUT2D eigenvalue weighted by molar-refractivity contribution is -0.117. The lowest BCUT2D eigenvalue weighted by Gasteiger charge is -2.23. The fraction of sp³-hybridized carbons (Fsp3) is 0.143. The molecule has 2 aromatic carbocycles. The molecule has 0 fully saturated rings. The van der Waals surface area contributed by atoms with Gasteiger partial charge in [0.2, 0.25) is 5.91 Å². The molecule has 0 aliphatic heterocycles. The Morgan fingerprint density at radius 2 is 1.77 bits per heavy atom. The van der Waals surface area contributed by atoms with E-state index in [1.165, 1.54) is 0 Å². The molecule has 0 aliphatic rings. The minimum Gasteiger partial charge on any atom is -0.324 e. The van der Waals surface area contributed by atoms with Crippen LogP contribution in [0.4, 0.5) is 5.69 Å². The first-order valence-corrected chi connectivity index (χ1v) is 9.21. The van der Waals surface area contributed by atoms with Crippen molar-refractivity contribution in [2.45, 2.75) is 19.0 Å². The summed E-state index contributed by atoms with van der Waals surface area (Å²) in [5.74, 6) is -0.176. The number of anilines is 1. The number of carbonyl (C=O) groups is 1. The number of para-hydroxylation sites is 1. The smallest absolute Gasteiger partial charge is 0.241 e. The molecule has 130 valence electrons. The van der Waals surface area contributed by atoms with E-state index in [4.69, 9.17) is 0 Å². The molecule has 4 nitrogen and oxygen atoms in total. The summed E-state index contributed by atoms with van der Waals surface area (Å²) in [5, 5.41) is 17.5. The van der Waals surface area contributed by atoms with Crippen molar-refractivity contribution < 1.29 is 4.79 Å². The number of nitrogens with one attached hydrogen (secondary N) is 2. The molecular formula is C21H19N3OS. The van der Waals surface area contributed by atoms with Crippen molar-refractivity contribution >= 4 is 22.9 Å². The van der Waals surface area contributed by atoms with Gasteiger partial charge >= 0.3 is 0 Å². The average Bonchev–Trinajstić information content (AvgIpc) is 3.21. The highest BCUT2D eigenvalue weighted by Gasteiger charge is 2.22. The number of nitriles is 1. The first-order chi connectivity index (χ1) is 12.7. The van der Waals surface area contributed by atoms with Crippen LogP contribution >= 0.6 is 11.3 Å². The van der Waals surface area contributed by atoms with E-state index in [9.17, 15) is 10.1 Å². The van der Waals surface area contributed by atoms with Crippen molar-refractivity contribution in [1.29, 1.82) is 5.26 Å². The predicted molar refractivity (Wildman–Crippen MR) is 105 cm³/mol. The Hall–Kier alpha value is -2.94. The number of rotatable bonds is 6. The summed E-state index contributed by atoms with van der Waals surface area (Å²) in [7, 11) is 0. The molecular weight excluding hydrogens is 342 g/mol. The number of nitrogens with zero attached hydrogens (tertiary/aromatic N) is 1. The van der Waals surface area contributed by atoms with Crippen molar-refractivity contribution in [3.05, 3.63) is 88.1 Å². The van der Waals surface area contributed by atoms with E-state index in [1.807, 2.05) is 48.7 Å². The summed E-state index contributed by atoms with van der Waals surface area (Å²) < 4.78 is 0. The number of carbonyl (C=O) groups excluding carboxylic acids is 1. The Morgan fingerprint density at radius 3 is 2.46 bits per heavy atom. The standard InChI is InChI=1S/C21H19N3OS/c1-15(21(25)24-18-11-6-5-10-17(18)14-22)23-20(19-12-7-13-26-19)16-8-3-2-4-9-16/h2-13,15,20,23H,1H3,(H,24,25)/t15-,20-/m1/s1. The van der Waals surface area contributed by atoms with Crippen LogP contribution in [0, 0.1) is 11.3 Å². The van der Waals surface area contributed by atoms with Crippen molar-refractivity contribution in [3.63, 3.8) is 0 Å². The molecule has 2 N–H and O–H groups in total. The Morgan fingerprint density at radius 1 is 1.04 bits per heavy atom. The summed E-state index contributed by atoms with van der Waals surface area (Å²) in [6.07, 6.45) is 0. The van der Waals surface area contributed by atoms with Gasteiger partial charge in [0.1, 0.15) is 6.07 Å². The van der Waals surface area contributed by atoms with Crippen LogP contribution in [0.15, 0.2) is 72.1 Å². The van der Waals surface area contributed by atoms with Crippen LogP contribution in [0.2, 0.25) is 0 Å². The normalized spacial score (nSPS) is 12.8. The molecule has 26 heavy (non-hydrogen) atoms. The van der Waals surface area contributed by atoms with E-state index >= 15 is 0 Å². The third kappa shape index (κ3) is 4.17. The largest absolute Gasteiger partial charge is 0.324 e. The van der Waals surface area contributed by atoms with E-state index in [0.717, 1.165) is 10.4 Å². The minimum atomic E-state index is -0.436. The van der Waals surface area contributed by atoms with Crippen LogP contribution in [-0.2, 0) is 4.79 Å². The quantitative estimate of drug-likeness (QED) is 0.687. The fourth-order valence-corrected chi connectivity index (χ4v) is 3.51. The van der Waals surface area contributed by atoms with Gasteiger partial charge in [0.05, 0.1) is 23.3 Å². The van der Waals surface area contributed by atoms with Gasteiger partial charge in [0.15, 0.2) is 0 Å². The van der Waals surface area contributed by atoms with Gasteiger partial charge in [-0.05, 0) is 36.1 Å². The highest BCUT2D eigenvalue weighted by atomic mass is 32.1. The van der Waals surface area contributed by atoms with E-state index in [-0.39, 0.29) is 11.9 Å². The summed E-state index contributed by atoms with van der Waals surface area (Å²) in [6, 6.07) is 22.7.